The number of fused-ring (bicyclic) bond motifs is 3. The number of rotatable bonds is 4. The molecule has 0 saturated carbocycles. The fraction of sp³-hybridized carbons (Fsp3) is 0.333. The van der Waals surface area contributed by atoms with Gasteiger partial charge in [0.15, 0.2) is 11.5 Å². The van der Waals surface area contributed by atoms with Gasteiger partial charge in [-0.05, 0) is 47.7 Å². The molecule has 116 valence electrons. The number of methoxy groups -OCH3 is 4. The van der Waals surface area contributed by atoms with E-state index in [2.05, 4.69) is 12.1 Å². The summed E-state index contributed by atoms with van der Waals surface area (Å²) < 4.78 is 21.8. The number of hydrogen-bond donors (Lipinski definition) is 0. The molecular weight excluding hydrogens is 280 g/mol. The number of benzene rings is 2. The van der Waals surface area contributed by atoms with Crippen LogP contribution in [0.2, 0.25) is 0 Å². The van der Waals surface area contributed by atoms with E-state index in [1.165, 1.54) is 11.1 Å². The van der Waals surface area contributed by atoms with Crippen LogP contribution in [0.1, 0.15) is 11.1 Å². The summed E-state index contributed by atoms with van der Waals surface area (Å²) in [6.45, 7) is 0. The van der Waals surface area contributed by atoms with Crippen molar-refractivity contribution in [3.8, 4) is 34.1 Å². The van der Waals surface area contributed by atoms with Crippen LogP contribution in [0.4, 0.5) is 0 Å². The summed E-state index contributed by atoms with van der Waals surface area (Å²) in [4.78, 5) is 0. The molecule has 2 aromatic rings. The van der Waals surface area contributed by atoms with Crippen molar-refractivity contribution in [2.45, 2.75) is 12.8 Å². The van der Waals surface area contributed by atoms with Crippen molar-refractivity contribution in [2.75, 3.05) is 28.4 Å². The van der Waals surface area contributed by atoms with E-state index in [-0.39, 0.29) is 0 Å². The molecule has 3 rings (SSSR count). The zero-order valence-corrected chi connectivity index (χ0v) is 13.4. The third-order valence-electron chi connectivity index (χ3n) is 4.16. The SMILES string of the molecule is COc1cc2c(c(OC)c1)-c1cc(OC)c(OC)cc1CC2. The van der Waals surface area contributed by atoms with E-state index in [0.29, 0.717) is 0 Å². The van der Waals surface area contributed by atoms with Crippen molar-refractivity contribution in [1.29, 1.82) is 0 Å². The Bertz CT molecular complexity index is 689. The predicted molar refractivity (Wildman–Crippen MR) is 85.5 cm³/mol. The molecule has 22 heavy (non-hydrogen) atoms. The first-order valence-electron chi connectivity index (χ1n) is 7.22. The van der Waals surface area contributed by atoms with Crippen LogP contribution in [-0.4, -0.2) is 28.4 Å². The lowest BCUT2D eigenvalue weighted by molar-refractivity contribution is 0.354. The maximum atomic E-state index is 5.59. The Balaban J connectivity index is 2.24. The smallest absolute Gasteiger partial charge is 0.161 e. The molecule has 4 heteroatoms. The van der Waals surface area contributed by atoms with Crippen LogP contribution < -0.4 is 18.9 Å². The molecule has 0 unspecified atom stereocenters. The van der Waals surface area contributed by atoms with Crippen molar-refractivity contribution in [2.24, 2.45) is 0 Å². The first-order chi connectivity index (χ1) is 10.7. The van der Waals surface area contributed by atoms with Gasteiger partial charge in [-0.3, -0.25) is 0 Å². The van der Waals surface area contributed by atoms with Gasteiger partial charge in [-0.2, -0.15) is 0 Å². The lowest BCUT2D eigenvalue weighted by atomic mass is 9.84. The van der Waals surface area contributed by atoms with Crippen LogP contribution in [0.3, 0.4) is 0 Å². The van der Waals surface area contributed by atoms with Crippen molar-refractivity contribution in [3.05, 3.63) is 35.4 Å². The molecule has 1 aliphatic rings. The summed E-state index contributed by atoms with van der Waals surface area (Å²) in [7, 11) is 6.67. The Kier molecular flexibility index (Phi) is 3.84. The molecule has 1 aliphatic carbocycles. The third-order valence-corrected chi connectivity index (χ3v) is 4.16. The second kappa shape index (κ2) is 5.79. The average molecular weight is 300 g/mol. The van der Waals surface area contributed by atoms with E-state index in [1.54, 1.807) is 28.4 Å². The Labute approximate surface area is 130 Å². The first kappa shape index (κ1) is 14.6. The summed E-state index contributed by atoms with van der Waals surface area (Å²) in [5.41, 5.74) is 4.73. The molecule has 0 amide bonds. The van der Waals surface area contributed by atoms with Gasteiger partial charge in [0, 0.05) is 11.6 Å². The Morgan fingerprint density at radius 3 is 1.91 bits per heavy atom. The maximum Gasteiger partial charge on any atom is 0.161 e. The second-order valence-corrected chi connectivity index (χ2v) is 5.23. The lowest BCUT2D eigenvalue weighted by Crippen LogP contribution is -2.07. The van der Waals surface area contributed by atoms with E-state index in [9.17, 15) is 0 Å². The topological polar surface area (TPSA) is 36.9 Å². The largest absolute Gasteiger partial charge is 0.497 e. The van der Waals surface area contributed by atoms with Crippen molar-refractivity contribution >= 4 is 0 Å². The van der Waals surface area contributed by atoms with E-state index in [4.69, 9.17) is 18.9 Å². The quantitative estimate of drug-likeness (QED) is 0.866. The van der Waals surface area contributed by atoms with Crippen LogP contribution in [-0.2, 0) is 12.8 Å². The highest BCUT2D eigenvalue weighted by Crippen LogP contribution is 2.45. The van der Waals surface area contributed by atoms with Gasteiger partial charge in [-0.15, -0.1) is 0 Å². The molecule has 0 spiro atoms. The normalized spacial score (nSPS) is 12.2. The molecule has 0 bridgehead atoms. The van der Waals surface area contributed by atoms with Crippen LogP contribution in [0, 0.1) is 0 Å². The Morgan fingerprint density at radius 1 is 0.636 bits per heavy atom. The number of hydrogen-bond acceptors (Lipinski definition) is 4. The van der Waals surface area contributed by atoms with Crippen molar-refractivity contribution < 1.29 is 18.9 Å². The van der Waals surface area contributed by atoms with Crippen molar-refractivity contribution in [1.82, 2.24) is 0 Å². The van der Waals surface area contributed by atoms with Crippen LogP contribution in [0.5, 0.6) is 23.0 Å². The molecule has 2 aromatic carbocycles. The molecule has 0 saturated heterocycles. The Morgan fingerprint density at radius 2 is 1.27 bits per heavy atom. The summed E-state index contributed by atoms with van der Waals surface area (Å²) >= 11 is 0. The molecule has 4 nitrogen and oxygen atoms in total. The zero-order chi connectivity index (χ0) is 15.7. The predicted octanol–water partition coefficient (Wildman–Crippen LogP) is 3.49. The van der Waals surface area contributed by atoms with Crippen LogP contribution in [0.25, 0.3) is 11.1 Å². The monoisotopic (exact) mass is 300 g/mol. The molecular formula is C18H20O4. The van der Waals surface area contributed by atoms with E-state index in [0.717, 1.165) is 47.0 Å². The van der Waals surface area contributed by atoms with Crippen LogP contribution >= 0.6 is 0 Å². The van der Waals surface area contributed by atoms with Gasteiger partial charge in [-0.25, -0.2) is 0 Å². The number of aryl methyl sites for hydroxylation is 2. The minimum atomic E-state index is 0.729. The van der Waals surface area contributed by atoms with Gasteiger partial charge >= 0.3 is 0 Å². The molecule has 0 aromatic heterocycles. The minimum absolute atomic E-state index is 0.729. The number of ether oxygens (including phenoxy) is 4. The minimum Gasteiger partial charge on any atom is -0.497 e. The van der Waals surface area contributed by atoms with Gasteiger partial charge in [0.2, 0.25) is 0 Å². The highest BCUT2D eigenvalue weighted by molar-refractivity contribution is 5.81. The second-order valence-electron chi connectivity index (χ2n) is 5.23. The molecule has 0 atom stereocenters. The van der Waals surface area contributed by atoms with E-state index < -0.39 is 0 Å². The zero-order valence-electron chi connectivity index (χ0n) is 13.4. The standard InChI is InChI=1S/C18H20O4/c1-19-13-7-12-6-5-11-8-15(20-2)16(21-3)10-14(11)18(12)17(9-13)22-4/h7-10H,5-6H2,1-4H3. The Hall–Kier alpha value is -2.36. The van der Waals surface area contributed by atoms with Gasteiger partial charge in [-0.1, -0.05) is 0 Å². The highest BCUT2D eigenvalue weighted by Gasteiger charge is 2.23. The highest BCUT2D eigenvalue weighted by atomic mass is 16.5. The molecule has 0 radical (unpaired) electrons. The summed E-state index contributed by atoms with van der Waals surface area (Å²) in [6.07, 6.45) is 1.91. The summed E-state index contributed by atoms with van der Waals surface area (Å²) in [5.74, 6) is 3.13. The fourth-order valence-corrected chi connectivity index (χ4v) is 3.06. The summed E-state index contributed by atoms with van der Waals surface area (Å²) in [5, 5.41) is 0. The van der Waals surface area contributed by atoms with E-state index >= 15 is 0 Å². The molecule has 0 fully saturated rings. The van der Waals surface area contributed by atoms with Gasteiger partial charge in [0.05, 0.1) is 28.4 Å². The molecule has 0 aliphatic heterocycles. The third kappa shape index (κ3) is 2.25. The van der Waals surface area contributed by atoms with Gasteiger partial charge in [0.1, 0.15) is 11.5 Å². The average Bonchev–Trinajstić information content (AvgIpc) is 2.58. The summed E-state index contributed by atoms with van der Waals surface area (Å²) in [6, 6.07) is 8.09. The van der Waals surface area contributed by atoms with Gasteiger partial charge in [0.25, 0.3) is 0 Å². The molecule has 0 heterocycles. The van der Waals surface area contributed by atoms with Crippen LogP contribution in [0.15, 0.2) is 24.3 Å². The lowest BCUT2D eigenvalue weighted by Gasteiger charge is -2.24. The van der Waals surface area contributed by atoms with Crippen molar-refractivity contribution in [3.63, 3.8) is 0 Å². The maximum absolute atomic E-state index is 5.59. The molecule has 0 N–H and O–H groups in total. The first-order valence-corrected chi connectivity index (χ1v) is 7.22. The van der Waals surface area contributed by atoms with E-state index in [1.807, 2.05) is 12.1 Å². The van der Waals surface area contributed by atoms with Gasteiger partial charge < -0.3 is 18.9 Å². The fourth-order valence-electron chi connectivity index (χ4n) is 3.06.